The van der Waals surface area contributed by atoms with Crippen LogP contribution < -0.4 is 0 Å². The van der Waals surface area contributed by atoms with Gasteiger partial charge in [-0.15, -0.1) is 0 Å². The van der Waals surface area contributed by atoms with Crippen molar-refractivity contribution in [2.24, 2.45) is 5.92 Å². The number of carbonyl (C=O) groups excluding carboxylic acids is 1. The number of nitrogens with zero attached hydrogens (tertiary/aromatic N) is 3. The molecule has 0 saturated carbocycles. The highest BCUT2D eigenvalue weighted by molar-refractivity contribution is 9.10. The van der Waals surface area contributed by atoms with Gasteiger partial charge in [-0.3, -0.25) is 15.0 Å². The SMILES string of the molecule is COOC(=O)C1CCN(CCN(Cc2ccc(Br)cc2)S(=O)(=O)c2ccccc2[N+](=O)[O-])CC1. The van der Waals surface area contributed by atoms with Crippen LogP contribution in [-0.2, 0) is 31.1 Å². The first-order valence-electron chi connectivity index (χ1n) is 10.7. The molecule has 0 N–H and O–H groups in total. The maximum atomic E-state index is 13.5. The van der Waals surface area contributed by atoms with Crippen LogP contribution in [0.15, 0.2) is 57.9 Å². The van der Waals surface area contributed by atoms with Crippen LogP contribution in [0.25, 0.3) is 0 Å². The molecule has 2 aromatic carbocycles. The molecule has 1 saturated heterocycles. The van der Waals surface area contributed by atoms with E-state index >= 15 is 0 Å². The Labute approximate surface area is 206 Å². The number of sulfonamides is 1. The van der Waals surface area contributed by atoms with E-state index in [1.54, 1.807) is 12.1 Å². The number of hydrogen-bond acceptors (Lipinski definition) is 8. The van der Waals surface area contributed by atoms with E-state index in [1.807, 2.05) is 12.1 Å². The van der Waals surface area contributed by atoms with E-state index in [-0.39, 0.29) is 23.9 Å². The van der Waals surface area contributed by atoms with Crippen molar-refractivity contribution in [2.45, 2.75) is 24.3 Å². The highest BCUT2D eigenvalue weighted by atomic mass is 79.9. The van der Waals surface area contributed by atoms with Crippen molar-refractivity contribution in [3.05, 3.63) is 68.7 Å². The van der Waals surface area contributed by atoms with Gasteiger partial charge in [0.1, 0.15) is 0 Å². The Morgan fingerprint density at radius 1 is 1.18 bits per heavy atom. The van der Waals surface area contributed by atoms with Gasteiger partial charge < -0.3 is 4.90 Å². The Balaban J connectivity index is 1.78. The summed E-state index contributed by atoms with van der Waals surface area (Å²) < 4.78 is 29.2. The number of halogens is 1. The summed E-state index contributed by atoms with van der Waals surface area (Å²) in [5.41, 5.74) is 0.298. The second-order valence-electron chi connectivity index (χ2n) is 7.87. The summed E-state index contributed by atoms with van der Waals surface area (Å²) in [6.45, 7) is 1.82. The topological polar surface area (TPSA) is 119 Å². The van der Waals surface area contributed by atoms with E-state index in [2.05, 4.69) is 30.6 Å². The van der Waals surface area contributed by atoms with Crippen LogP contribution in [0.2, 0.25) is 0 Å². The predicted octanol–water partition coefficient (Wildman–Crippen LogP) is 3.36. The number of hydrogen-bond donors (Lipinski definition) is 0. The number of benzene rings is 2. The van der Waals surface area contributed by atoms with Gasteiger partial charge >= 0.3 is 5.97 Å². The molecule has 0 unspecified atom stereocenters. The number of likely N-dealkylation sites (tertiary alicyclic amines) is 1. The average molecular weight is 556 g/mol. The third-order valence-corrected chi connectivity index (χ3v) is 8.13. The molecular formula is C22H26BrN3O7S. The molecule has 0 amide bonds. The second kappa shape index (κ2) is 11.8. The molecule has 184 valence electrons. The van der Waals surface area contributed by atoms with E-state index in [0.29, 0.717) is 32.5 Å². The average Bonchev–Trinajstić information content (AvgIpc) is 2.83. The van der Waals surface area contributed by atoms with E-state index in [0.717, 1.165) is 10.0 Å². The molecule has 2 aromatic rings. The minimum Gasteiger partial charge on any atom is -0.302 e. The van der Waals surface area contributed by atoms with Crippen molar-refractivity contribution < 1.29 is 27.9 Å². The Morgan fingerprint density at radius 2 is 1.82 bits per heavy atom. The Kier molecular flexibility index (Phi) is 9.14. The van der Waals surface area contributed by atoms with Gasteiger partial charge in [0.2, 0.25) is 10.0 Å². The fourth-order valence-electron chi connectivity index (χ4n) is 3.84. The molecule has 34 heavy (non-hydrogen) atoms. The third kappa shape index (κ3) is 6.60. The van der Waals surface area contributed by atoms with Gasteiger partial charge in [0.25, 0.3) is 5.69 Å². The summed E-state index contributed by atoms with van der Waals surface area (Å²) in [6, 6.07) is 12.6. The number of carbonyl (C=O) groups is 1. The van der Waals surface area contributed by atoms with Crippen molar-refractivity contribution in [2.75, 3.05) is 33.3 Å². The monoisotopic (exact) mass is 555 g/mol. The smallest absolute Gasteiger partial charge is 0.302 e. The maximum absolute atomic E-state index is 13.5. The van der Waals surface area contributed by atoms with Crippen molar-refractivity contribution in [3.63, 3.8) is 0 Å². The largest absolute Gasteiger partial charge is 0.345 e. The van der Waals surface area contributed by atoms with Gasteiger partial charge in [-0.25, -0.2) is 13.2 Å². The number of nitro benzene ring substituents is 1. The van der Waals surface area contributed by atoms with Crippen LogP contribution in [0.3, 0.4) is 0 Å². The fraction of sp³-hybridized carbons (Fsp3) is 0.409. The van der Waals surface area contributed by atoms with Crippen molar-refractivity contribution in [1.82, 2.24) is 9.21 Å². The van der Waals surface area contributed by atoms with Crippen LogP contribution in [0.1, 0.15) is 18.4 Å². The molecule has 0 atom stereocenters. The molecule has 0 spiro atoms. The molecule has 3 rings (SSSR count). The van der Waals surface area contributed by atoms with Gasteiger partial charge in [0.05, 0.1) is 18.0 Å². The molecule has 1 heterocycles. The van der Waals surface area contributed by atoms with Crippen LogP contribution in [0.5, 0.6) is 0 Å². The van der Waals surface area contributed by atoms with Crippen molar-refractivity contribution in [3.8, 4) is 0 Å². The van der Waals surface area contributed by atoms with Gasteiger partial charge in [-0.1, -0.05) is 40.2 Å². The molecule has 0 bridgehead atoms. The summed E-state index contributed by atoms with van der Waals surface area (Å²) in [7, 11) is -2.87. The number of piperidine rings is 1. The molecule has 10 nitrogen and oxygen atoms in total. The van der Waals surface area contributed by atoms with E-state index < -0.39 is 26.6 Å². The second-order valence-corrected chi connectivity index (χ2v) is 10.7. The quantitative estimate of drug-likeness (QED) is 0.248. The molecule has 12 heteroatoms. The zero-order chi connectivity index (χ0) is 24.7. The van der Waals surface area contributed by atoms with Crippen LogP contribution >= 0.6 is 15.9 Å². The number of nitro groups is 1. The van der Waals surface area contributed by atoms with Crippen molar-refractivity contribution in [1.29, 1.82) is 0 Å². The summed E-state index contributed by atoms with van der Waals surface area (Å²) in [6.07, 6.45) is 1.15. The number of rotatable bonds is 10. The lowest BCUT2D eigenvalue weighted by Crippen LogP contribution is -2.42. The highest BCUT2D eigenvalue weighted by Crippen LogP contribution is 2.28. The first kappa shape index (κ1) is 26.2. The van der Waals surface area contributed by atoms with E-state index in [4.69, 9.17) is 0 Å². The Hall–Kier alpha value is -2.38. The van der Waals surface area contributed by atoms with Crippen LogP contribution in [-0.4, -0.2) is 61.8 Å². The standard InChI is InChI=1S/C22H26BrN3O7S/c1-32-33-22(27)18-10-12-24(13-11-18)14-15-25(16-17-6-8-19(23)9-7-17)34(30,31)21-5-3-2-4-20(21)26(28)29/h2-9,18H,10-16H2,1H3. The lowest BCUT2D eigenvalue weighted by atomic mass is 9.97. The summed E-state index contributed by atoms with van der Waals surface area (Å²) >= 11 is 3.37. The van der Waals surface area contributed by atoms with E-state index in [9.17, 15) is 23.3 Å². The molecule has 0 radical (unpaired) electrons. The predicted molar refractivity (Wildman–Crippen MR) is 127 cm³/mol. The molecule has 1 aliphatic heterocycles. The maximum Gasteiger partial charge on any atom is 0.345 e. The van der Waals surface area contributed by atoms with E-state index in [1.165, 1.54) is 35.7 Å². The third-order valence-electron chi connectivity index (χ3n) is 5.70. The fourth-order valence-corrected chi connectivity index (χ4v) is 5.68. The molecular weight excluding hydrogens is 530 g/mol. The lowest BCUT2D eigenvalue weighted by Gasteiger charge is -2.32. The summed E-state index contributed by atoms with van der Waals surface area (Å²) in [5.74, 6) is -0.663. The molecule has 0 aromatic heterocycles. The van der Waals surface area contributed by atoms with Gasteiger partial charge in [-0.05, 0) is 49.7 Å². The lowest BCUT2D eigenvalue weighted by molar-refractivity contribution is -0.387. The first-order valence-corrected chi connectivity index (χ1v) is 12.9. The molecule has 0 aliphatic carbocycles. The normalized spacial score (nSPS) is 15.4. The minimum atomic E-state index is -4.15. The Bertz CT molecular complexity index is 1100. The van der Waals surface area contributed by atoms with Gasteiger partial charge in [0.15, 0.2) is 4.90 Å². The zero-order valence-corrected chi connectivity index (χ0v) is 21.0. The molecule has 1 fully saturated rings. The van der Waals surface area contributed by atoms with Crippen LogP contribution in [0, 0.1) is 16.0 Å². The van der Waals surface area contributed by atoms with Crippen LogP contribution in [0.4, 0.5) is 5.69 Å². The van der Waals surface area contributed by atoms with Gasteiger partial charge in [0, 0.05) is 30.2 Å². The van der Waals surface area contributed by atoms with Crippen molar-refractivity contribution >= 4 is 37.6 Å². The summed E-state index contributed by atoms with van der Waals surface area (Å²) in [4.78, 5) is 33.5. The number of para-hydroxylation sites is 1. The zero-order valence-electron chi connectivity index (χ0n) is 18.6. The Morgan fingerprint density at radius 3 is 2.44 bits per heavy atom. The highest BCUT2D eigenvalue weighted by Gasteiger charge is 2.33. The first-order chi connectivity index (χ1) is 16.2. The summed E-state index contributed by atoms with van der Waals surface area (Å²) in [5, 5.41) is 11.5. The van der Waals surface area contributed by atoms with Gasteiger partial charge in [-0.2, -0.15) is 9.19 Å². The molecule has 1 aliphatic rings. The minimum absolute atomic E-state index is 0.0677.